The lowest BCUT2D eigenvalue weighted by Gasteiger charge is -2.32. The van der Waals surface area contributed by atoms with Crippen LogP contribution in [0.3, 0.4) is 0 Å². The number of rotatable bonds is 6. The second-order valence-corrected chi connectivity index (χ2v) is 7.89. The number of piperidine rings is 1. The molecule has 2 heterocycles. The van der Waals surface area contributed by atoms with Crippen LogP contribution in [0.25, 0.3) is 0 Å². The average molecular weight is 404 g/mol. The normalized spacial score (nSPS) is 16.2. The van der Waals surface area contributed by atoms with E-state index in [4.69, 9.17) is 0 Å². The molecule has 1 fully saturated rings. The number of aromatic nitrogens is 2. The van der Waals surface area contributed by atoms with E-state index in [0.29, 0.717) is 0 Å². The maximum Gasteiger partial charge on any atom is 0.315 e. The van der Waals surface area contributed by atoms with Gasteiger partial charge in [0.25, 0.3) is 0 Å². The van der Waals surface area contributed by atoms with Crippen molar-refractivity contribution >= 4 is 6.03 Å². The van der Waals surface area contributed by atoms with E-state index < -0.39 is 0 Å². The number of amides is 2. The molecule has 0 saturated carbocycles. The van der Waals surface area contributed by atoms with Crippen LogP contribution in [0, 0.1) is 0 Å². The van der Waals surface area contributed by atoms with Crippen molar-refractivity contribution in [2.75, 3.05) is 13.1 Å². The van der Waals surface area contributed by atoms with Crippen LogP contribution in [0.15, 0.2) is 73.1 Å². The molecular formula is C24H29N5O. The Morgan fingerprint density at radius 3 is 2.37 bits per heavy atom. The Morgan fingerprint density at radius 2 is 1.73 bits per heavy atom. The predicted molar refractivity (Wildman–Crippen MR) is 118 cm³/mol. The lowest BCUT2D eigenvalue weighted by molar-refractivity contribution is 0.186. The van der Waals surface area contributed by atoms with Gasteiger partial charge in [0.15, 0.2) is 0 Å². The maximum absolute atomic E-state index is 12.8. The van der Waals surface area contributed by atoms with Gasteiger partial charge in [-0.1, -0.05) is 60.7 Å². The molecular weight excluding hydrogens is 374 g/mol. The van der Waals surface area contributed by atoms with Crippen molar-refractivity contribution in [1.29, 1.82) is 0 Å². The first-order valence-corrected chi connectivity index (χ1v) is 10.5. The Hall–Kier alpha value is -3.12. The highest BCUT2D eigenvalue weighted by Gasteiger charge is 2.24. The van der Waals surface area contributed by atoms with Crippen LogP contribution in [-0.2, 0) is 13.6 Å². The first-order chi connectivity index (χ1) is 14.7. The number of urea groups is 1. The van der Waals surface area contributed by atoms with Crippen molar-refractivity contribution in [1.82, 2.24) is 25.1 Å². The predicted octanol–water partition coefficient (Wildman–Crippen LogP) is 3.47. The van der Waals surface area contributed by atoms with E-state index in [1.807, 2.05) is 54.2 Å². The maximum atomic E-state index is 12.8. The van der Waals surface area contributed by atoms with Crippen LogP contribution in [-0.4, -0.2) is 39.6 Å². The monoisotopic (exact) mass is 403 g/mol. The van der Waals surface area contributed by atoms with Gasteiger partial charge in [0.1, 0.15) is 11.9 Å². The molecule has 1 saturated heterocycles. The number of hydrogen-bond acceptors (Lipinski definition) is 3. The number of imidazole rings is 1. The van der Waals surface area contributed by atoms with Gasteiger partial charge in [-0.25, -0.2) is 9.78 Å². The van der Waals surface area contributed by atoms with E-state index in [-0.39, 0.29) is 18.1 Å². The highest BCUT2D eigenvalue weighted by Crippen LogP contribution is 2.20. The molecule has 0 bridgehead atoms. The Balaban J connectivity index is 1.33. The molecule has 3 aromatic rings. The Morgan fingerprint density at radius 1 is 1.07 bits per heavy atom. The van der Waals surface area contributed by atoms with Crippen molar-refractivity contribution in [2.45, 2.75) is 31.5 Å². The Labute approximate surface area is 177 Å². The zero-order valence-electron chi connectivity index (χ0n) is 17.4. The van der Waals surface area contributed by atoms with E-state index in [9.17, 15) is 4.79 Å². The van der Waals surface area contributed by atoms with Gasteiger partial charge in [-0.3, -0.25) is 4.90 Å². The summed E-state index contributed by atoms with van der Waals surface area (Å²) < 4.78 is 1.94. The molecule has 1 aliphatic rings. The molecule has 0 unspecified atom stereocenters. The van der Waals surface area contributed by atoms with Gasteiger partial charge in [-0.15, -0.1) is 0 Å². The van der Waals surface area contributed by atoms with Crippen molar-refractivity contribution < 1.29 is 4.79 Å². The summed E-state index contributed by atoms with van der Waals surface area (Å²) in [5.74, 6) is 0.814. The molecule has 0 radical (unpaired) electrons. The third kappa shape index (κ3) is 5.07. The Kier molecular flexibility index (Phi) is 6.44. The van der Waals surface area contributed by atoms with Gasteiger partial charge in [0, 0.05) is 45.1 Å². The van der Waals surface area contributed by atoms with Gasteiger partial charge >= 0.3 is 6.03 Å². The van der Waals surface area contributed by atoms with Crippen molar-refractivity contribution in [3.8, 4) is 0 Å². The number of nitrogens with one attached hydrogen (secondary N) is 2. The van der Waals surface area contributed by atoms with E-state index in [0.717, 1.165) is 43.9 Å². The summed E-state index contributed by atoms with van der Waals surface area (Å²) in [7, 11) is 1.94. The molecule has 6 nitrogen and oxygen atoms in total. The SMILES string of the molecule is Cn1ccnc1[C@H](NC(=O)NC1CCN(Cc2ccccc2)CC1)c1ccccc1. The molecule has 2 N–H and O–H groups in total. The number of nitrogens with zero attached hydrogens (tertiary/aromatic N) is 3. The molecule has 6 heteroatoms. The zero-order valence-corrected chi connectivity index (χ0v) is 17.4. The second-order valence-electron chi connectivity index (χ2n) is 7.89. The molecule has 1 atom stereocenters. The fourth-order valence-corrected chi connectivity index (χ4v) is 4.03. The number of benzene rings is 2. The lowest BCUT2D eigenvalue weighted by atomic mass is 10.0. The molecule has 2 aromatic carbocycles. The molecule has 1 aromatic heterocycles. The fourth-order valence-electron chi connectivity index (χ4n) is 4.03. The highest BCUT2D eigenvalue weighted by atomic mass is 16.2. The summed E-state index contributed by atoms with van der Waals surface area (Å²) in [6.07, 6.45) is 5.57. The molecule has 4 rings (SSSR count). The second kappa shape index (κ2) is 9.59. The zero-order chi connectivity index (χ0) is 20.8. The summed E-state index contributed by atoms with van der Waals surface area (Å²) in [5, 5.41) is 6.30. The summed E-state index contributed by atoms with van der Waals surface area (Å²) >= 11 is 0. The lowest BCUT2D eigenvalue weighted by Crippen LogP contribution is -2.48. The van der Waals surface area contributed by atoms with Crippen LogP contribution in [0.1, 0.15) is 35.8 Å². The van der Waals surface area contributed by atoms with Gasteiger partial charge in [0.05, 0.1) is 0 Å². The van der Waals surface area contributed by atoms with Gasteiger partial charge in [0.2, 0.25) is 0 Å². The molecule has 1 aliphatic heterocycles. The standard InChI is InChI=1S/C24H29N5O/c1-28-17-14-25-23(28)22(20-10-6-3-7-11-20)27-24(30)26-21-12-15-29(16-13-21)18-19-8-4-2-5-9-19/h2-11,14,17,21-22H,12-13,15-16,18H2,1H3,(H2,26,27,30)/t22-/m1/s1. The molecule has 2 amide bonds. The van der Waals surface area contributed by atoms with Gasteiger partial charge < -0.3 is 15.2 Å². The number of hydrogen-bond donors (Lipinski definition) is 2. The van der Waals surface area contributed by atoms with Crippen molar-refractivity contribution in [3.63, 3.8) is 0 Å². The Bertz CT molecular complexity index is 932. The number of aryl methyl sites for hydroxylation is 1. The summed E-state index contributed by atoms with van der Waals surface area (Å²) in [5.41, 5.74) is 2.35. The van der Waals surface area contributed by atoms with Crippen LogP contribution in [0.5, 0.6) is 0 Å². The van der Waals surface area contributed by atoms with Crippen LogP contribution in [0.4, 0.5) is 4.79 Å². The molecule has 0 spiro atoms. The minimum atomic E-state index is -0.288. The van der Waals surface area contributed by atoms with Crippen LogP contribution in [0.2, 0.25) is 0 Å². The minimum absolute atomic E-state index is 0.145. The van der Waals surface area contributed by atoms with Crippen molar-refractivity contribution in [3.05, 3.63) is 90.0 Å². The quantitative estimate of drug-likeness (QED) is 0.662. The average Bonchev–Trinajstić information content (AvgIpc) is 3.20. The van der Waals surface area contributed by atoms with Gasteiger partial charge in [-0.2, -0.15) is 0 Å². The molecule has 0 aliphatic carbocycles. The van der Waals surface area contributed by atoms with E-state index in [1.54, 1.807) is 6.20 Å². The first-order valence-electron chi connectivity index (χ1n) is 10.5. The van der Waals surface area contributed by atoms with Crippen LogP contribution >= 0.6 is 0 Å². The summed E-state index contributed by atoms with van der Waals surface area (Å²) in [6.45, 7) is 2.94. The molecule has 30 heavy (non-hydrogen) atoms. The smallest absolute Gasteiger partial charge is 0.315 e. The third-order valence-corrected chi connectivity index (χ3v) is 5.70. The molecule has 156 valence electrons. The van der Waals surface area contributed by atoms with E-state index >= 15 is 0 Å². The third-order valence-electron chi connectivity index (χ3n) is 5.70. The van der Waals surface area contributed by atoms with Crippen molar-refractivity contribution in [2.24, 2.45) is 7.05 Å². The topological polar surface area (TPSA) is 62.2 Å². The summed E-state index contributed by atoms with van der Waals surface area (Å²) in [4.78, 5) is 19.7. The first kappa shape index (κ1) is 20.2. The van der Waals surface area contributed by atoms with Gasteiger partial charge in [-0.05, 0) is 24.0 Å². The fraction of sp³-hybridized carbons (Fsp3) is 0.333. The number of carbonyl (C=O) groups is 1. The largest absolute Gasteiger partial charge is 0.336 e. The van der Waals surface area contributed by atoms with Crippen LogP contribution < -0.4 is 10.6 Å². The van der Waals surface area contributed by atoms with E-state index in [1.165, 1.54) is 5.56 Å². The summed E-state index contributed by atoms with van der Waals surface area (Å²) in [6, 6.07) is 20.3. The highest BCUT2D eigenvalue weighted by molar-refractivity contribution is 5.75. The van der Waals surface area contributed by atoms with E-state index in [2.05, 4.69) is 44.8 Å². The minimum Gasteiger partial charge on any atom is -0.336 e. The number of likely N-dealkylation sites (tertiary alicyclic amines) is 1. The number of carbonyl (C=O) groups excluding carboxylic acids is 1.